The Labute approximate surface area is 128 Å². The Morgan fingerprint density at radius 3 is 2.65 bits per heavy atom. The number of nitrogens with one attached hydrogen (secondary N) is 1. The number of carbonyl (C=O) groups excluding carboxylic acids is 2. The smallest absolute Gasteiger partial charge is 0.257 e. The molecule has 0 aliphatic carbocycles. The molecule has 1 rings (SSSR count). The monoisotopic (exact) mass is 341 g/mol. The fraction of sp³-hybridized carbons (Fsp3) is 0.467. The molecular weight excluding hydrogens is 322 g/mol. The van der Waals surface area contributed by atoms with Crippen molar-refractivity contribution in [1.29, 1.82) is 0 Å². The standard InChI is InChI=1S/C15H20BrNO3/c1-10(2)6-7-17-15(19)9-20-14-8-12(16)4-5-13(14)11(3)18/h4-5,8,10H,6-7,9H2,1-3H3,(H,17,19). The van der Waals surface area contributed by atoms with E-state index >= 15 is 0 Å². The molecule has 0 heterocycles. The molecule has 5 heteroatoms. The van der Waals surface area contributed by atoms with Crippen LogP contribution in [-0.2, 0) is 4.79 Å². The zero-order chi connectivity index (χ0) is 15.1. The summed E-state index contributed by atoms with van der Waals surface area (Å²) in [5.41, 5.74) is 0.475. The molecule has 0 saturated heterocycles. The van der Waals surface area contributed by atoms with E-state index in [2.05, 4.69) is 35.1 Å². The van der Waals surface area contributed by atoms with E-state index < -0.39 is 0 Å². The molecule has 0 radical (unpaired) electrons. The van der Waals surface area contributed by atoms with Crippen LogP contribution in [-0.4, -0.2) is 24.8 Å². The summed E-state index contributed by atoms with van der Waals surface area (Å²) in [6, 6.07) is 5.14. The molecule has 4 nitrogen and oxygen atoms in total. The van der Waals surface area contributed by atoms with Crippen molar-refractivity contribution in [3.63, 3.8) is 0 Å². The van der Waals surface area contributed by atoms with Crippen molar-refractivity contribution in [2.24, 2.45) is 5.92 Å². The summed E-state index contributed by atoms with van der Waals surface area (Å²) in [5, 5.41) is 2.79. The van der Waals surface area contributed by atoms with E-state index in [9.17, 15) is 9.59 Å². The summed E-state index contributed by atoms with van der Waals surface area (Å²) in [6.07, 6.45) is 0.932. The highest BCUT2D eigenvalue weighted by Crippen LogP contribution is 2.24. The first-order chi connectivity index (χ1) is 9.40. The average Bonchev–Trinajstić information content (AvgIpc) is 2.35. The Hall–Kier alpha value is -1.36. The number of ketones is 1. The first-order valence-electron chi connectivity index (χ1n) is 6.60. The molecule has 0 atom stereocenters. The van der Waals surface area contributed by atoms with E-state index in [-0.39, 0.29) is 18.3 Å². The zero-order valence-electron chi connectivity index (χ0n) is 12.0. The fourth-order valence-electron chi connectivity index (χ4n) is 1.60. The van der Waals surface area contributed by atoms with Crippen molar-refractivity contribution < 1.29 is 14.3 Å². The lowest BCUT2D eigenvalue weighted by atomic mass is 10.1. The van der Waals surface area contributed by atoms with E-state index in [1.807, 2.05) is 0 Å². The van der Waals surface area contributed by atoms with Gasteiger partial charge in [-0.25, -0.2) is 0 Å². The van der Waals surface area contributed by atoms with E-state index in [0.29, 0.717) is 23.8 Å². The lowest BCUT2D eigenvalue weighted by Gasteiger charge is -2.11. The van der Waals surface area contributed by atoms with Crippen LogP contribution in [0.2, 0.25) is 0 Å². The van der Waals surface area contributed by atoms with E-state index in [0.717, 1.165) is 10.9 Å². The van der Waals surface area contributed by atoms with Gasteiger partial charge in [-0.3, -0.25) is 9.59 Å². The third-order valence-electron chi connectivity index (χ3n) is 2.73. The minimum Gasteiger partial charge on any atom is -0.483 e. The first kappa shape index (κ1) is 16.7. The molecule has 1 amide bonds. The molecule has 0 saturated carbocycles. The summed E-state index contributed by atoms with van der Waals surface area (Å²) < 4.78 is 6.24. The van der Waals surface area contributed by atoms with E-state index in [1.165, 1.54) is 6.92 Å². The normalized spacial score (nSPS) is 10.4. The Morgan fingerprint density at radius 2 is 2.05 bits per heavy atom. The number of hydrogen-bond donors (Lipinski definition) is 1. The molecule has 0 aliphatic heterocycles. The van der Waals surface area contributed by atoms with Gasteiger partial charge in [0.2, 0.25) is 0 Å². The lowest BCUT2D eigenvalue weighted by molar-refractivity contribution is -0.123. The van der Waals surface area contributed by atoms with Crippen molar-refractivity contribution >= 4 is 27.6 Å². The highest BCUT2D eigenvalue weighted by atomic mass is 79.9. The van der Waals surface area contributed by atoms with Gasteiger partial charge in [-0.15, -0.1) is 0 Å². The molecule has 20 heavy (non-hydrogen) atoms. The number of ether oxygens (including phenoxy) is 1. The van der Waals surface area contributed by atoms with Gasteiger partial charge in [-0.1, -0.05) is 29.8 Å². The number of carbonyl (C=O) groups is 2. The SMILES string of the molecule is CC(=O)c1ccc(Br)cc1OCC(=O)NCCC(C)C. The number of Topliss-reactive ketones (excluding diaryl/α,β-unsaturated/α-hetero) is 1. The largest absolute Gasteiger partial charge is 0.483 e. The molecule has 0 unspecified atom stereocenters. The van der Waals surface area contributed by atoms with Gasteiger partial charge in [0, 0.05) is 11.0 Å². The predicted molar refractivity (Wildman–Crippen MR) is 82.1 cm³/mol. The van der Waals surface area contributed by atoms with Crippen LogP contribution >= 0.6 is 15.9 Å². The average molecular weight is 342 g/mol. The third-order valence-corrected chi connectivity index (χ3v) is 3.22. The molecule has 0 aromatic heterocycles. The highest BCUT2D eigenvalue weighted by molar-refractivity contribution is 9.10. The maximum atomic E-state index is 11.6. The van der Waals surface area contributed by atoms with Gasteiger partial charge >= 0.3 is 0 Å². The van der Waals surface area contributed by atoms with Crippen molar-refractivity contribution in [2.45, 2.75) is 27.2 Å². The molecule has 0 spiro atoms. The molecule has 1 N–H and O–H groups in total. The number of rotatable bonds is 7. The summed E-state index contributed by atoms with van der Waals surface area (Å²) in [5.74, 6) is 0.698. The fourth-order valence-corrected chi connectivity index (χ4v) is 1.94. The maximum Gasteiger partial charge on any atom is 0.257 e. The van der Waals surface area contributed by atoms with Gasteiger partial charge in [0.1, 0.15) is 5.75 Å². The second-order valence-electron chi connectivity index (χ2n) is 5.02. The van der Waals surface area contributed by atoms with Gasteiger partial charge in [-0.05, 0) is 37.5 Å². The molecular formula is C15H20BrNO3. The van der Waals surface area contributed by atoms with Crippen molar-refractivity contribution in [3.05, 3.63) is 28.2 Å². The zero-order valence-corrected chi connectivity index (χ0v) is 13.6. The van der Waals surface area contributed by atoms with Crippen LogP contribution in [0.3, 0.4) is 0 Å². The molecule has 0 aliphatic rings. The summed E-state index contributed by atoms with van der Waals surface area (Å²) in [6.45, 7) is 6.22. The van der Waals surface area contributed by atoms with Crippen LogP contribution in [0.4, 0.5) is 0 Å². The van der Waals surface area contributed by atoms with Crippen molar-refractivity contribution in [2.75, 3.05) is 13.2 Å². The number of amides is 1. The van der Waals surface area contributed by atoms with Crippen LogP contribution in [0.15, 0.2) is 22.7 Å². The van der Waals surface area contributed by atoms with Crippen molar-refractivity contribution in [1.82, 2.24) is 5.32 Å². The van der Waals surface area contributed by atoms with Gasteiger partial charge in [0.25, 0.3) is 5.91 Å². The Morgan fingerprint density at radius 1 is 1.35 bits per heavy atom. The van der Waals surface area contributed by atoms with Gasteiger partial charge in [-0.2, -0.15) is 0 Å². The van der Waals surface area contributed by atoms with Crippen LogP contribution in [0.1, 0.15) is 37.6 Å². The number of benzene rings is 1. The van der Waals surface area contributed by atoms with Crippen LogP contribution in [0, 0.1) is 5.92 Å². The predicted octanol–water partition coefficient (Wildman–Crippen LogP) is 3.19. The number of halogens is 1. The quantitative estimate of drug-likeness (QED) is 0.775. The minimum absolute atomic E-state index is 0.0885. The molecule has 0 fully saturated rings. The second kappa shape index (κ2) is 8.04. The van der Waals surface area contributed by atoms with Gasteiger partial charge < -0.3 is 10.1 Å². The molecule has 0 bridgehead atoms. The second-order valence-corrected chi connectivity index (χ2v) is 5.93. The van der Waals surface area contributed by atoms with Crippen LogP contribution in [0.25, 0.3) is 0 Å². The van der Waals surface area contributed by atoms with Crippen LogP contribution in [0.5, 0.6) is 5.75 Å². The molecule has 1 aromatic rings. The van der Waals surface area contributed by atoms with E-state index in [1.54, 1.807) is 18.2 Å². The topological polar surface area (TPSA) is 55.4 Å². The Kier molecular flexibility index (Phi) is 6.71. The van der Waals surface area contributed by atoms with E-state index in [4.69, 9.17) is 4.74 Å². The molecule has 1 aromatic carbocycles. The van der Waals surface area contributed by atoms with Gasteiger partial charge in [0.15, 0.2) is 12.4 Å². The summed E-state index contributed by atoms with van der Waals surface area (Å²) in [4.78, 5) is 23.1. The van der Waals surface area contributed by atoms with Crippen molar-refractivity contribution in [3.8, 4) is 5.75 Å². The molecule has 110 valence electrons. The minimum atomic E-state index is -0.180. The first-order valence-corrected chi connectivity index (χ1v) is 7.39. The van der Waals surface area contributed by atoms with Crippen LogP contribution < -0.4 is 10.1 Å². The summed E-state index contributed by atoms with van der Waals surface area (Å²) in [7, 11) is 0. The third kappa shape index (κ3) is 5.74. The highest BCUT2D eigenvalue weighted by Gasteiger charge is 2.11. The lowest BCUT2D eigenvalue weighted by Crippen LogP contribution is -2.30. The summed E-state index contributed by atoms with van der Waals surface area (Å²) >= 11 is 3.32. The number of hydrogen-bond acceptors (Lipinski definition) is 3. The Bertz CT molecular complexity index is 486. The maximum absolute atomic E-state index is 11.6. The Balaban J connectivity index is 2.54. The van der Waals surface area contributed by atoms with Gasteiger partial charge in [0.05, 0.1) is 5.56 Å².